The molecule has 0 aliphatic heterocycles. The first kappa shape index (κ1) is 26.8. The summed E-state index contributed by atoms with van der Waals surface area (Å²) in [6, 6.07) is 7.19. The molecule has 0 spiro atoms. The van der Waals surface area contributed by atoms with Crippen LogP contribution in [0, 0.1) is 10.8 Å². The van der Waals surface area contributed by atoms with Gasteiger partial charge in [-0.25, -0.2) is 4.79 Å². The van der Waals surface area contributed by atoms with Crippen LogP contribution in [0.25, 0.3) is 0 Å². The van der Waals surface area contributed by atoms with Gasteiger partial charge in [-0.05, 0) is 84.4 Å². The number of nitrogens with one attached hydrogen (secondary N) is 1. The van der Waals surface area contributed by atoms with E-state index in [1.165, 1.54) is 0 Å². The van der Waals surface area contributed by atoms with Gasteiger partial charge in [-0.15, -0.1) is 0 Å². The Morgan fingerprint density at radius 3 is 1.77 bits per heavy atom. The van der Waals surface area contributed by atoms with Crippen molar-refractivity contribution < 1.29 is 19.1 Å². The Hall–Kier alpha value is -2.24. The van der Waals surface area contributed by atoms with Crippen LogP contribution in [-0.2, 0) is 20.7 Å². The van der Waals surface area contributed by atoms with Crippen molar-refractivity contribution in [2.24, 2.45) is 10.8 Å². The summed E-state index contributed by atoms with van der Waals surface area (Å²) in [6.45, 7) is 19.0. The molecule has 3 N–H and O–H groups in total. The van der Waals surface area contributed by atoms with Crippen LogP contribution < -0.4 is 11.1 Å². The molecule has 1 rings (SSSR count). The molecule has 0 fully saturated rings. The zero-order valence-electron chi connectivity index (χ0n) is 21.0. The number of benzene rings is 1. The Balaban J connectivity index is 3.24. The highest BCUT2D eigenvalue weighted by Gasteiger charge is 2.48. The average molecular weight is 435 g/mol. The van der Waals surface area contributed by atoms with E-state index in [0.29, 0.717) is 18.5 Å². The summed E-state index contributed by atoms with van der Waals surface area (Å²) >= 11 is 0. The molecule has 1 amide bonds. The van der Waals surface area contributed by atoms with Gasteiger partial charge in [0.1, 0.15) is 11.2 Å². The molecule has 0 aliphatic rings. The molecule has 0 radical (unpaired) electrons. The molecular formula is C25H42N2O4. The van der Waals surface area contributed by atoms with Crippen LogP contribution >= 0.6 is 0 Å². The van der Waals surface area contributed by atoms with E-state index >= 15 is 0 Å². The number of amides is 1. The van der Waals surface area contributed by atoms with Gasteiger partial charge in [-0.3, -0.25) is 4.79 Å². The Kier molecular flexibility index (Phi) is 8.21. The van der Waals surface area contributed by atoms with Crippen LogP contribution in [-0.4, -0.2) is 29.3 Å². The normalized spacial score (nSPS) is 15.5. The predicted octanol–water partition coefficient (Wildman–Crippen LogP) is 5.49. The lowest BCUT2D eigenvalue weighted by Gasteiger charge is -2.43. The summed E-state index contributed by atoms with van der Waals surface area (Å²) in [7, 11) is 0. The van der Waals surface area contributed by atoms with Crippen molar-refractivity contribution in [2.75, 3.05) is 5.73 Å². The number of esters is 1. The Labute approximate surface area is 188 Å². The number of alkyl carbamates (subject to hydrolysis) is 1. The number of carbonyl (C=O) groups excluding carboxylic acids is 2. The van der Waals surface area contributed by atoms with Crippen LogP contribution in [0.3, 0.4) is 0 Å². The lowest BCUT2D eigenvalue weighted by molar-refractivity contribution is -0.175. The van der Waals surface area contributed by atoms with Crippen LogP contribution in [0.15, 0.2) is 24.3 Å². The van der Waals surface area contributed by atoms with Gasteiger partial charge >= 0.3 is 12.1 Å². The molecule has 0 unspecified atom stereocenters. The van der Waals surface area contributed by atoms with E-state index in [2.05, 4.69) is 5.32 Å². The third-order valence-corrected chi connectivity index (χ3v) is 5.34. The van der Waals surface area contributed by atoms with E-state index in [-0.39, 0.29) is 12.0 Å². The highest BCUT2D eigenvalue weighted by molar-refractivity contribution is 5.78. The Morgan fingerprint density at radius 1 is 0.871 bits per heavy atom. The van der Waals surface area contributed by atoms with Gasteiger partial charge < -0.3 is 20.5 Å². The maximum Gasteiger partial charge on any atom is 0.407 e. The lowest BCUT2D eigenvalue weighted by Crippen LogP contribution is -2.50. The van der Waals surface area contributed by atoms with Crippen molar-refractivity contribution in [1.29, 1.82) is 0 Å². The molecule has 31 heavy (non-hydrogen) atoms. The second kappa shape index (κ2) is 9.49. The van der Waals surface area contributed by atoms with E-state index in [1.54, 1.807) is 0 Å². The molecule has 0 aliphatic carbocycles. The summed E-state index contributed by atoms with van der Waals surface area (Å²) < 4.78 is 11.3. The van der Waals surface area contributed by atoms with E-state index in [1.807, 2.05) is 93.5 Å². The molecule has 1 aromatic rings. The van der Waals surface area contributed by atoms with E-state index < -0.39 is 28.1 Å². The quantitative estimate of drug-likeness (QED) is 0.456. The molecule has 0 bridgehead atoms. The highest BCUT2D eigenvalue weighted by Crippen LogP contribution is 2.44. The Bertz CT molecular complexity index is 752. The van der Waals surface area contributed by atoms with Crippen molar-refractivity contribution in [3.05, 3.63) is 29.8 Å². The maximum absolute atomic E-state index is 13.3. The molecule has 0 saturated carbocycles. The molecule has 6 heteroatoms. The van der Waals surface area contributed by atoms with Gasteiger partial charge in [0.2, 0.25) is 0 Å². The average Bonchev–Trinajstić information content (AvgIpc) is 2.52. The monoisotopic (exact) mass is 434 g/mol. The SMILES string of the molecule is CC(C)(C)OC(=O)N[C@H](Cc1ccc(N)cc1)C[C@](C)(C(=O)OC(C)(C)C)C(C)(C)C. The fraction of sp³-hybridized carbons (Fsp3) is 0.680. The lowest BCUT2D eigenvalue weighted by atomic mass is 9.64. The first-order valence-electron chi connectivity index (χ1n) is 10.9. The van der Waals surface area contributed by atoms with Crippen LogP contribution in [0.4, 0.5) is 10.5 Å². The maximum atomic E-state index is 13.3. The number of hydrogen-bond acceptors (Lipinski definition) is 5. The molecule has 2 atom stereocenters. The zero-order chi connectivity index (χ0) is 24.3. The second-order valence-electron chi connectivity index (χ2n) is 11.6. The van der Waals surface area contributed by atoms with E-state index in [0.717, 1.165) is 5.56 Å². The predicted molar refractivity (Wildman–Crippen MR) is 126 cm³/mol. The fourth-order valence-corrected chi connectivity index (χ4v) is 3.17. The third-order valence-electron chi connectivity index (χ3n) is 5.34. The van der Waals surface area contributed by atoms with Gasteiger partial charge in [-0.2, -0.15) is 0 Å². The number of rotatable bonds is 6. The number of anilines is 1. The summed E-state index contributed by atoms with van der Waals surface area (Å²) in [5.74, 6) is -0.277. The minimum absolute atomic E-state index is 0.277. The minimum Gasteiger partial charge on any atom is -0.460 e. The zero-order valence-corrected chi connectivity index (χ0v) is 21.0. The van der Waals surface area contributed by atoms with Crippen molar-refractivity contribution in [1.82, 2.24) is 5.32 Å². The smallest absolute Gasteiger partial charge is 0.407 e. The Morgan fingerprint density at radius 2 is 1.35 bits per heavy atom. The van der Waals surface area contributed by atoms with Crippen molar-refractivity contribution >= 4 is 17.7 Å². The summed E-state index contributed by atoms with van der Waals surface area (Å²) in [4.78, 5) is 25.9. The van der Waals surface area contributed by atoms with Gasteiger partial charge in [0.05, 0.1) is 5.41 Å². The summed E-state index contributed by atoms with van der Waals surface area (Å²) in [5.41, 5.74) is 5.04. The fourth-order valence-electron chi connectivity index (χ4n) is 3.17. The van der Waals surface area contributed by atoms with Crippen molar-refractivity contribution in [2.45, 2.75) is 99.3 Å². The van der Waals surface area contributed by atoms with Gasteiger partial charge in [0.25, 0.3) is 0 Å². The standard InChI is InChI=1S/C25H42N2O4/c1-22(2,3)25(10,20(28)30-23(4,5)6)16-19(27-21(29)31-24(7,8)9)15-17-11-13-18(26)14-12-17/h11-14,19H,15-16,26H2,1-10H3,(H,27,29)/t19-,25-/m1/s1. The number of nitrogens with two attached hydrogens (primary N) is 1. The molecular weight excluding hydrogens is 392 g/mol. The molecule has 1 aromatic carbocycles. The number of ether oxygens (including phenoxy) is 2. The number of nitrogen functional groups attached to an aromatic ring is 1. The topological polar surface area (TPSA) is 90.6 Å². The largest absolute Gasteiger partial charge is 0.460 e. The molecule has 6 nitrogen and oxygen atoms in total. The molecule has 176 valence electrons. The highest BCUT2D eigenvalue weighted by atomic mass is 16.6. The van der Waals surface area contributed by atoms with E-state index in [4.69, 9.17) is 15.2 Å². The van der Waals surface area contributed by atoms with Gasteiger partial charge in [0.15, 0.2) is 0 Å². The third kappa shape index (κ3) is 8.80. The molecule has 0 heterocycles. The van der Waals surface area contributed by atoms with Crippen LogP contribution in [0.5, 0.6) is 0 Å². The van der Waals surface area contributed by atoms with Crippen LogP contribution in [0.1, 0.15) is 81.2 Å². The second-order valence-corrected chi connectivity index (χ2v) is 11.6. The molecule has 0 saturated heterocycles. The minimum atomic E-state index is -0.840. The van der Waals surface area contributed by atoms with E-state index in [9.17, 15) is 9.59 Å². The van der Waals surface area contributed by atoms with Crippen molar-refractivity contribution in [3.8, 4) is 0 Å². The van der Waals surface area contributed by atoms with Crippen molar-refractivity contribution in [3.63, 3.8) is 0 Å². The first-order valence-corrected chi connectivity index (χ1v) is 10.9. The number of carbonyl (C=O) groups is 2. The van der Waals surface area contributed by atoms with Crippen LogP contribution in [0.2, 0.25) is 0 Å². The summed E-state index contributed by atoms with van der Waals surface area (Å²) in [5, 5.41) is 2.98. The number of hydrogen-bond donors (Lipinski definition) is 2. The van der Waals surface area contributed by atoms with Gasteiger partial charge in [-0.1, -0.05) is 32.9 Å². The first-order chi connectivity index (χ1) is 13.8. The molecule has 0 aromatic heterocycles. The van der Waals surface area contributed by atoms with Gasteiger partial charge in [0, 0.05) is 11.7 Å². The summed E-state index contributed by atoms with van der Waals surface area (Å²) in [6.07, 6.45) is 0.427.